The molecule has 30 heavy (non-hydrogen) atoms. The fourth-order valence-electron chi connectivity index (χ4n) is 4.30. The summed E-state index contributed by atoms with van der Waals surface area (Å²) < 4.78 is 1.33. The average molecular weight is 411 g/mol. The maximum Gasteiger partial charge on any atom is 0.262 e. The van der Waals surface area contributed by atoms with Crippen LogP contribution in [0, 0.1) is 12.8 Å². The van der Waals surface area contributed by atoms with Gasteiger partial charge in [0.15, 0.2) is 0 Å². The molecule has 1 saturated carbocycles. The van der Waals surface area contributed by atoms with Crippen LogP contribution in [0.25, 0.3) is 10.9 Å². The number of amides is 3. The van der Waals surface area contributed by atoms with Crippen molar-refractivity contribution in [1.82, 2.24) is 14.9 Å². The van der Waals surface area contributed by atoms with Crippen LogP contribution in [0.3, 0.4) is 0 Å². The van der Waals surface area contributed by atoms with Gasteiger partial charge in [-0.05, 0) is 50.7 Å². The quantitative estimate of drug-likeness (QED) is 0.631. The van der Waals surface area contributed by atoms with Crippen molar-refractivity contribution in [2.75, 3.05) is 5.32 Å². The van der Waals surface area contributed by atoms with Crippen molar-refractivity contribution in [3.05, 3.63) is 34.4 Å². The normalized spacial score (nSPS) is 23.7. The van der Waals surface area contributed by atoms with Gasteiger partial charge in [-0.2, -0.15) is 0 Å². The van der Waals surface area contributed by atoms with Crippen LogP contribution >= 0.6 is 0 Å². The summed E-state index contributed by atoms with van der Waals surface area (Å²) in [6.07, 6.45) is 3.52. The summed E-state index contributed by atoms with van der Waals surface area (Å²) in [6.45, 7) is 1.64. The van der Waals surface area contributed by atoms with E-state index in [9.17, 15) is 19.2 Å². The predicted molar refractivity (Wildman–Crippen MR) is 111 cm³/mol. The highest BCUT2D eigenvalue weighted by molar-refractivity contribution is 6.01. The van der Waals surface area contributed by atoms with E-state index in [2.05, 4.69) is 15.6 Å². The van der Waals surface area contributed by atoms with Crippen molar-refractivity contribution >= 4 is 34.3 Å². The Hall–Kier alpha value is -3.07. The van der Waals surface area contributed by atoms with Crippen LogP contribution in [0.2, 0.25) is 0 Å². The Morgan fingerprint density at radius 1 is 1.30 bits per heavy atom. The molecule has 1 aliphatic heterocycles. The Labute approximate surface area is 173 Å². The number of nitrogens with two attached hydrogens (primary N) is 1. The molecule has 9 nitrogen and oxygen atoms in total. The molecule has 158 valence electrons. The Morgan fingerprint density at radius 3 is 2.77 bits per heavy atom. The van der Waals surface area contributed by atoms with Crippen molar-refractivity contribution < 1.29 is 14.4 Å². The standard InChI is InChI=1S/C21H25N5O4/c1-11-23-19-14(21(30)26(11)16-6-8-18(28)25-20(16)29)3-2-4-15(19)24-17(27)7-5-12-9-13(22)10-12/h2-4,12-13,16H,5-10,22H2,1H3,(H,24,27)(H,25,28,29). The fraction of sp³-hybridized carbons (Fsp3) is 0.476. The molecule has 1 atom stereocenters. The molecule has 4 N–H and O–H groups in total. The van der Waals surface area contributed by atoms with Crippen LogP contribution in [0.1, 0.15) is 50.4 Å². The van der Waals surface area contributed by atoms with E-state index < -0.39 is 11.9 Å². The molecule has 0 radical (unpaired) electrons. The van der Waals surface area contributed by atoms with E-state index in [0.717, 1.165) is 19.3 Å². The van der Waals surface area contributed by atoms with E-state index in [0.29, 0.717) is 34.8 Å². The molecule has 3 amide bonds. The molecule has 1 saturated heterocycles. The summed E-state index contributed by atoms with van der Waals surface area (Å²) in [4.78, 5) is 53.7. The number of aryl methyl sites for hydroxylation is 1. The third-order valence-electron chi connectivity index (χ3n) is 5.96. The second-order valence-electron chi connectivity index (χ2n) is 8.19. The minimum absolute atomic E-state index is 0.128. The predicted octanol–water partition coefficient (Wildman–Crippen LogP) is 1.14. The number of nitrogens with zero attached hydrogens (tertiary/aromatic N) is 2. The number of hydrogen-bond donors (Lipinski definition) is 3. The summed E-state index contributed by atoms with van der Waals surface area (Å²) >= 11 is 0. The number of carbonyl (C=O) groups is 3. The molecule has 2 heterocycles. The number of carbonyl (C=O) groups excluding carboxylic acids is 3. The number of nitrogens with one attached hydrogen (secondary N) is 2. The Kier molecular flexibility index (Phi) is 5.38. The maximum atomic E-state index is 13.1. The van der Waals surface area contributed by atoms with Crippen LogP contribution in [0.4, 0.5) is 5.69 Å². The topological polar surface area (TPSA) is 136 Å². The van der Waals surface area contributed by atoms with Crippen LogP contribution in [-0.4, -0.2) is 33.3 Å². The molecule has 4 rings (SSSR count). The van der Waals surface area contributed by atoms with E-state index in [4.69, 9.17) is 5.73 Å². The van der Waals surface area contributed by atoms with E-state index in [-0.39, 0.29) is 36.3 Å². The van der Waals surface area contributed by atoms with Gasteiger partial charge < -0.3 is 11.1 Å². The van der Waals surface area contributed by atoms with Gasteiger partial charge in [0.25, 0.3) is 5.56 Å². The van der Waals surface area contributed by atoms with Crippen molar-refractivity contribution in [2.45, 2.75) is 57.5 Å². The number of aromatic nitrogens is 2. The zero-order valence-electron chi connectivity index (χ0n) is 16.8. The third-order valence-corrected chi connectivity index (χ3v) is 5.96. The summed E-state index contributed by atoms with van der Waals surface area (Å²) in [5.41, 5.74) is 6.28. The van der Waals surface area contributed by atoms with E-state index in [1.807, 2.05) is 0 Å². The number of imide groups is 1. The second-order valence-corrected chi connectivity index (χ2v) is 8.19. The first-order valence-electron chi connectivity index (χ1n) is 10.2. The molecule has 1 aromatic heterocycles. The van der Waals surface area contributed by atoms with Gasteiger partial charge in [-0.15, -0.1) is 0 Å². The average Bonchev–Trinajstić information content (AvgIpc) is 2.66. The van der Waals surface area contributed by atoms with Crippen LogP contribution in [0.15, 0.2) is 23.0 Å². The van der Waals surface area contributed by atoms with Crippen molar-refractivity contribution in [3.8, 4) is 0 Å². The SMILES string of the molecule is Cc1nc2c(NC(=O)CCC3CC(N)C3)cccc2c(=O)n1C1CCC(=O)NC1=O. The first-order chi connectivity index (χ1) is 14.3. The Bertz CT molecular complexity index is 1090. The largest absolute Gasteiger partial charge is 0.328 e. The van der Waals surface area contributed by atoms with Crippen LogP contribution in [0.5, 0.6) is 0 Å². The summed E-state index contributed by atoms with van der Waals surface area (Å²) in [5, 5.41) is 5.45. The minimum atomic E-state index is -0.779. The van der Waals surface area contributed by atoms with Gasteiger partial charge in [0.1, 0.15) is 17.4 Å². The van der Waals surface area contributed by atoms with Crippen LogP contribution in [-0.2, 0) is 14.4 Å². The molecular weight excluding hydrogens is 386 g/mol. The first kappa shape index (κ1) is 20.2. The highest BCUT2D eigenvalue weighted by Gasteiger charge is 2.31. The highest BCUT2D eigenvalue weighted by Crippen LogP contribution is 2.30. The molecule has 1 aliphatic carbocycles. The zero-order chi connectivity index (χ0) is 21.4. The number of anilines is 1. The number of hydrogen-bond acceptors (Lipinski definition) is 6. The van der Waals surface area contributed by atoms with Gasteiger partial charge >= 0.3 is 0 Å². The lowest BCUT2D eigenvalue weighted by Gasteiger charge is -2.32. The van der Waals surface area contributed by atoms with E-state index in [1.54, 1.807) is 25.1 Å². The highest BCUT2D eigenvalue weighted by atomic mass is 16.2. The maximum absolute atomic E-state index is 13.1. The third kappa shape index (κ3) is 3.85. The molecule has 0 bridgehead atoms. The molecular formula is C21H25N5O4. The van der Waals surface area contributed by atoms with Crippen molar-refractivity contribution in [3.63, 3.8) is 0 Å². The number of rotatable bonds is 5. The second kappa shape index (κ2) is 7.98. The molecule has 0 spiro atoms. The summed E-state index contributed by atoms with van der Waals surface area (Å²) in [7, 11) is 0. The molecule has 2 fully saturated rings. The Balaban J connectivity index is 1.59. The lowest BCUT2D eigenvalue weighted by Crippen LogP contribution is -2.45. The van der Waals surface area contributed by atoms with E-state index in [1.165, 1.54) is 4.57 Å². The van der Waals surface area contributed by atoms with Gasteiger partial charge in [-0.25, -0.2) is 4.98 Å². The minimum Gasteiger partial charge on any atom is -0.328 e. The van der Waals surface area contributed by atoms with Gasteiger partial charge in [-0.3, -0.25) is 29.1 Å². The zero-order valence-corrected chi connectivity index (χ0v) is 16.8. The van der Waals surface area contributed by atoms with E-state index >= 15 is 0 Å². The van der Waals surface area contributed by atoms with Crippen molar-refractivity contribution in [1.29, 1.82) is 0 Å². The Morgan fingerprint density at radius 2 is 2.07 bits per heavy atom. The van der Waals surface area contributed by atoms with Crippen LogP contribution < -0.4 is 21.9 Å². The smallest absolute Gasteiger partial charge is 0.262 e. The lowest BCUT2D eigenvalue weighted by molar-refractivity contribution is -0.135. The van der Waals surface area contributed by atoms with Gasteiger partial charge in [0.2, 0.25) is 17.7 Å². The summed E-state index contributed by atoms with van der Waals surface area (Å²) in [6, 6.07) is 4.49. The van der Waals surface area contributed by atoms with Gasteiger partial charge in [0, 0.05) is 18.9 Å². The van der Waals surface area contributed by atoms with Gasteiger partial charge in [-0.1, -0.05) is 6.07 Å². The number of fused-ring (bicyclic) bond motifs is 1. The van der Waals surface area contributed by atoms with Gasteiger partial charge in [0.05, 0.1) is 11.1 Å². The molecule has 9 heteroatoms. The lowest BCUT2D eigenvalue weighted by atomic mass is 9.78. The molecule has 1 aromatic carbocycles. The fourth-order valence-corrected chi connectivity index (χ4v) is 4.30. The van der Waals surface area contributed by atoms with Crippen molar-refractivity contribution in [2.24, 2.45) is 11.7 Å². The number of piperidine rings is 1. The number of para-hydroxylation sites is 1. The summed E-state index contributed by atoms with van der Waals surface area (Å²) in [5.74, 6) is -0.120. The molecule has 2 aliphatic rings. The molecule has 2 aromatic rings. The first-order valence-corrected chi connectivity index (χ1v) is 10.2. The monoisotopic (exact) mass is 411 g/mol. The number of benzene rings is 1. The molecule has 1 unspecified atom stereocenters.